The normalized spacial score (nSPS) is 21.9. The van der Waals surface area contributed by atoms with E-state index in [-0.39, 0.29) is 11.8 Å². The minimum Gasteiger partial charge on any atom is -0.371 e. The first-order valence-corrected chi connectivity index (χ1v) is 12.6. The van der Waals surface area contributed by atoms with Crippen molar-refractivity contribution in [1.82, 2.24) is 10.3 Å². The molecule has 5 nitrogen and oxygen atoms in total. The number of amidine groups is 1. The molecule has 6 rings (SSSR count). The summed E-state index contributed by atoms with van der Waals surface area (Å²) in [5, 5.41) is 3.57. The number of nitrogens with one attached hydrogen (secondary N) is 1. The molecule has 1 aromatic carbocycles. The molecule has 2 aliphatic carbocycles. The summed E-state index contributed by atoms with van der Waals surface area (Å²) in [6.45, 7) is 1.31. The molecule has 3 fully saturated rings. The molecule has 2 aliphatic heterocycles. The average Bonchev–Trinajstić information content (AvgIpc) is 3.75. The van der Waals surface area contributed by atoms with Crippen molar-refractivity contribution in [2.24, 2.45) is 10.9 Å². The van der Waals surface area contributed by atoms with Gasteiger partial charge in [-0.05, 0) is 80.7 Å². The summed E-state index contributed by atoms with van der Waals surface area (Å²) < 4.78 is 39.7. The minimum atomic E-state index is -4.50. The summed E-state index contributed by atoms with van der Waals surface area (Å²) in [6, 6.07) is 8.44. The Labute approximate surface area is 206 Å². The number of nitrogens with zero attached hydrogens (tertiary/aromatic N) is 3. The lowest BCUT2D eigenvalue weighted by atomic mass is 9.87. The van der Waals surface area contributed by atoms with Crippen LogP contribution in [-0.4, -0.2) is 35.4 Å². The van der Waals surface area contributed by atoms with Gasteiger partial charge in [0.05, 0.1) is 5.69 Å². The largest absolute Gasteiger partial charge is 0.433 e. The number of hydrogen-bond donors (Lipinski definition) is 1. The predicted molar refractivity (Wildman–Crippen MR) is 128 cm³/mol. The summed E-state index contributed by atoms with van der Waals surface area (Å²) in [5.41, 5.74) is 1.51. The number of aliphatic imine (C=N–C) groups is 1. The van der Waals surface area contributed by atoms with E-state index in [0.717, 1.165) is 36.9 Å². The molecule has 2 aromatic rings. The van der Waals surface area contributed by atoms with E-state index in [2.05, 4.69) is 21.3 Å². The van der Waals surface area contributed by atoms with Gasteiger partial charge in [0.2, 0.25) is 0 Å². The van der Waals surface area contributed by atoms with Crippen LogP contribution >= 0.6 is 11.6 Å². The van der Waals surface area contributed by atoms with E-state index in [1.54, 1.807) is 0 Å². The van der Waals surface area contributed by atoms with Gasteiger partial charge in [-0.3, -0.25) is 9.79 Å². The van der Waals surface area contributed by atoms with Crippen LogP contribution in [0.4, 0.5) is 18.9 Å². The maximum Gasteiger partial charge on any atom is 0.433 e. The van der Waals surface area contributed by atoms with Crippen LogP contribution in [0.1, 0.15) is 67.0 Å². The average molecular weight is 503 g/mol. The summed E-state index contributed by atoms with van der Waals surface area (Å²) in [5.74, 6) is 0.900. The SMILES string of the molecule is O=C1NC(c2ccc(C(F)(F)F)nc2C2CC2)=NC12CCN(c1cc(Cl)ccc1CC1CC1)CC2. The first-order valence-electron chi connectivity index (χ1n) is 12.2. The highest BCUT2D eigenvalue weighted by Crippen LogP contribution is 2.43. The molecule has 3 heterocycles. The second kappa shape index (κ2) is 8.22. The van der Waals surface area contributed by atoms with Crippen molar-refractivity contribution in [3.8, 4) is 0 Å². The molecular weight excluding hydrogens is 477 g/mol. The molecule has 4 aliphatic rings. The van der Waals surface area contributed by atoms with Gasteiger partial charge < -0.3 is 10.2 Å². The number of pyridine rings is 1. The quantitative estimate of drug-likeness (QED) is 0.587. The standard InChI is InChI=1S/C26H26ClF3N4O/c27-18-6-5-17(13-15-1-2-15)20(14-18)34-11-9-25(10-12-34)24(35)32-23(33-25)19-7-8-21(26(28,29)30)31-22(19)16-3-4-16/h5-8,14-16H,1-4,9-13H2,(H,32,33,35). The Balaban J connectivity index is 1.25. The van der Waals surface area contributed by atoms with Crippen LogP contribution in [0, 0.1) is 5.92 Å². The monoisotopic (exact) mass is 502 g/mol. The minimum absolute atomic E-state index is 0.0157. The summed E-state index contributed by atoms with van der Waals surface area (Å²) in [4.78, 5) is 24.1. The number of carbonyl (C=O) groups is 1. The van der Waals surface area contributed by atoms with Crippen LogP contribution in [-0.2, 0) is 17.4 Å². The zero-order valence-electron chi connectivity index (χ0n) is 19.2. The number of piperidine rings is 1. The summed E-state index contributed by atoms with van der Waals surface area (Å²) >= 11 is 6.31. The number of rotatable bonds is 5. The van der Waals surface area contributed by atoms with E-state index in [0.29, 0.717) is 48.0 Å². The van der Waals surface area contributed by atoms with Crippen molar-refractivity contribution >= 4 is 29.0 Å². The van der Waals surface area contributed by atoms with Gasteiger partial charge in [0.15, 0.2) is 0 Å². The van der Waals surface area contributed by atoms with E-state index >= 15 is 0 Å². The number of alkyl halides is 3. The maximum absolute atomic E-state index is 13.2. The third-order valence-corrected chi connectivity index (χ3v) is 7.83. The van der Waals surface area contributed by atoms with Crippen molar-refractivity contribution in [2.45, 2.75) is 62.6 Å². The lowest BCUT2D eigenvalue weighted by Crippen LogP contribution is -2.49. The molecular formula is C26H26ClF3N4O. The third kappa shape index (κ3) is 4.41. The van der Waals surface area contributed by atoms with Crippen LogP contribution in [0.15, 0.2) is 35.3 Å². The Hall–Kier alpha value is -2.61. The van der Waals surface area contributed by atoms with Gasteiger partial charge in [-0.1, -0.05) is 17.7 Å². The maximum atomic E-state index is 13.2. The van der Waals surface area contributed by atoms with Gasteiger partial charge >= 0.3 is 6.18 Å². The van der Waals surface area contributed by atoms with Gasteiger partial charge in [0.25, 0.3) is 5.91 Å². The molecule has 1 amide bonds. The molecule has 0 atom stereocenters. The van der Waals surface area contributed by atoms with Gasteiger partial charge in [0, 0.05) is 35.3 Å². The molecule has 0 radical (unpaired) electrons. The Kier molecular flexibility index (Phi) is 5.36. The fraction of sp³-hybridized carbons (Fsp3) is 0.500. The van der Waals surface area contributed by atoms with Crippen LogP contribution in [0.5, 0.6) is 0 Å². The van der Waals surface area contributed by atoms with Gasteiger partial charge in [-0.15, -0.1) is 0 Å². The third-order valence-electron chi connectivity index (χ3n) is 7.60. The number of benzene rings is 1. The van der Waals surface area contributed by atoms with Gasteiger partial charge in [-0.25, -0.2) is 4.98 Å². The van der Waals surface area contributed by atoms with Crippen LogP contribution < -0.4 is 10.2 Å². The molecule has 1 N–H and O–H groups in total. The smallest absolute Gasteiger partial charge is 0.371 e. The van der Waals surface area contributed by atoms with Gasteiger partial charge in [0.1, 0.15) is 17.1 Å². The number of hydrogen-bond acceptors (Lipinski definition) is 4. The lowest BCUT2D eigenvalue weighted by Gasteiger charge is -2.37. The number of carbonyl (C=O) groups excluding carboxylic acids is 1. The molecule has 0 unspecified atom stereocenters. The topological polar surface area (TPSA) is 57.6 Å². The number of aromatic nitrogens is 1. The van der Waals surface area contributed by atoms with Crippen molar-refractivity contribution in [3.05, 3.63) is 57.9 Å². The number of halogens is 4. The zero-order chi connectivity index (χ0) is 24.4. The number of amides is 1. The molecule has 1 aromatic heterocycles. The van der Waals surface area contributed by atoms with Crippen molar-refractivity contribution in [2.75, 3.05) is 18.0 Å². The highest BCUT2D eigenvalue weighted by atomic mass is 35.5. The molecule has 184 valence electrons. The van der Waals surface area contributed by atoms with Crippen LogP contribution in [0.3, 0.4) is 0 Å². The van der Waals surface area contributed by atoms with Crippen LogP contribution in [0.2, 0.25) is 5.02 Å². The molecule has 1 spiro atoms. The van der Waals surface area contributed by atoms with Gasteiger partial charge in [-0.2, -0.15) is 13.2 Å². The highest BCUT2D eigenvalue weighted by molar-refractivity contribution is 6.30. The molecule has 2 saturated carbocycles. The fourth-order valence-electron chi connectivity index (χ4n) is 5.24. The molecule has 9 heteroatoms. The first-order chi connectivity index (χ1) is 16.7. The van der Waals surface area contributed by atoms with Crippen LogP contribution in [0.25, 0.3) is 0 Å². The Morgan fingerprint density at radius 3 is 2.49 bits per heavy atom. The predicted octanol–water partition coefficient (Wildman–Crippen LogP) is 5.50. The van der Waals surface area contributed by atoms with E-state index in [1.807, 2.05) is 12.1 Å². The molecule has 1 saturated heterocycles. The lowest BCUT2D eigenvalue weighted by molar-refractivity contribution is -0.141. The first kappa shape index (κ1) is 22.8. The Morgan fingerprint density at radius 2 is 1.83 bits per heavy atom. The van der Waals surface area contributed by atoms with Crippen molar-refractivity contribution in [3.63, 3.8) is 0 Å². The summed E-state index contributed by atoms with van der Waals surface area (Å²) in [6.07, 6.45) is 1.73. The second-order valence-electron chi connectivity index (χ2n) is 10.3. The van der Waals surface area contributed by atoms with E-state index < -0.39 is 17.4 Å². The highest BCUT2D eigenvalue weighted by Gasteiger charge is 2.47. The molecule has 35 heavy (non-hydrogen) atoms. The zero-order valence-corrected chi connectivity index (χ0v) is 19.9. The van der Waals surface area contributed by atoms with E-state index in [9.17, 15) is 18.0 Å². The van der Waals surface area contributed by atoms with Crippen molar-refractivity contribution < 1.29 is 18.0 Å². The van der Waals surface area contributed by atoms with Crippen molar-refractivity contribution in [1.29, 1.82) is 0 Å². The summed E-state index contributed by atoms with van der Waals surface area (Å²) in [7, 11) is 0. The molecule has 0 bridgehead atoms. The fourth-order valence-corrected chi connectivity index (χ4v) is 5.40. The number of anilines is 1. The van der Waals surface area contributed by atoms with E-state index in [4.69, 9.17) is 16.6 Å². The Bertz CT molecular complexity index is 1210. The van der Waals surface area contributed by atoms with E-state index in [1.165, 1.54) is 24.5 Å². The second-order valence-corrected chi connectivity index (χ2v) is 10.7. The Morgan fingerprint density at radius 1 is 1.09 bits per heavy atom.